The number of methoxy groups -OCH3 is 1. The van der Waals surface area contributed by atoms with Crippen LogP contribution in [0.15, 0.2) is 34.9 Å². The summed E-state index contributed by atoms with van der Waals surface area (Å²) in [6, 6.07) is 9.55. The number of nitrogens with zero attached hydrogens (tertiary/aromatic N) is 1. The first-order valence-electron chi connectivity index (χ1n) is 8.17. The van der Waals surface area contributed by atoms with Crippen molar-refractivity contribution in [1.29, 1.82) is 0 Å². The molecule has 1 saturated heterocycles. The molecule has 6 heteroatoms. The van der Waals surface area contributed by atoms with Crippen molar-refractivity contribution >= 4 is 5.91 Å². The van der Waals surface area contributed by atoms with Crippen LogP contribution in [0.1, 0.15) is 18.5 Å². The zero-order valence-electron chi connectivity index (χ0n) is 13.6. The van der Waals surface area contributed by atoms with Crippen LogP contribution in [0.3, 0.4) is 0 Å². The summed E-state index contributed by atoms with van der Waals surface area (Å²) in [5.41, 5.74) is 1.42. The number of hydrogen-bond acceptors (Lipinski definition) is 5. The van der Waals surface area contributed by atoms with Crippen LogP contribution in [0.5, 0.6) is 5.75 Å². The van der Waals surface area contributed by atoms with E-state index in [2.05, 4.69) is 10.5 Å². The highest BCUT2D eigenvalue weighted by Gasteiger charge is 2.43. The summed E-state index contributed by atoms with van der Waals surface area (Å²) in [6.07, 6.45) is 2.60. The Labute approximate surface area is 140 Å². The van der Waals surface area contributed by atoms with Gasteiger partial charge in [-0.2, -0.15) is 0 Å². The van der Waals surface area contributed by atoms with Gasteiger partial charge in [0.05, 0.1) is 31.6 Å². The number of rotatable bonds is 6. The van der Waals surface area contributed by atoms with E-state index in [0.717, 1.165) is 29.8 Å². The van der Waals surface area contributed by atoms with Crippen LogP contribution in [0.25, 0.3) is 11.3 Å². The first kappa shape index (κ1) is 15.2. The van der Waals surface area contributed by atoms with Gasteiger partial charge in [-0.1, -0.05) is 5.16 Å². The molecule has 126 valence electrons. The lowest BCUT2D eigenvalue weighted by atomic mass is 9.90. The van der Waals surface area contributed by atoms with Gasteiger partial charge in [0.2, 0.25) is 5.91 Å². The summed E-state index contributed by atoms with van der Waals surface area (Å²) in [5.74, 6) is 1.83. The molecule has 1 saturated carbocycles. The monoisotopic (exact) mass is 328 g/mol. The molecule has 1 aromatic heterocycles. The van der Waals surface area contributed by atoms with Gasteiger partial charge in [0, 0.05) is 24.0 Å². The third-order valence-corrected chi connectivity index (χ3v) is 4.55. The number of carbonyl (C=O) groups excluding carboxylic acids is 1. The SMILES string of the molecule is COc1ccc(-c2cc(CC3(NC(=O)C4CC4)COC3)no2)cc1. The Morgan fingerprint density at radius 2 is 2.08 bits per heavy atom. The second kappa shape index (κ2) is 5.94. The quantitative estimate of drug-likeness (QED) is 0.880. The van der Waals surface area contributed by atoms with Crippen molar-refractivity contribution in [2.45, 2.75) is 24.8 Å². The van der Waals surface area contributed by atoms with Crippen LogP contribution in [0.4, 0.5) is 0 Å². The Balaban J connectivity index is 1.46. The number of carbonyl (C=O) groups is 1. The number of hydrogen-bond donors (Lipinski definition) is 1. The normalized spacial score (nSPS) is 18.7. The summed E-state index contributed by atoms with van der Waals surface area (Å²) in [5, 5.41) is 7.30. The van der Waals surface area contributed by atoms with Crippen LogP contribution >= 0.6 is 0 Å². The largest absolute Gasteiger partial charge is 0.497 e. The molecule has 0 atom stereocenters. The molecule has 0 unspecified atom stereocenters. The van der Waals surface area contributed by atoms with Gasteiger partial charge in [0.1, 0.15) is 5.75 Å². The fourth-order valence-electron chi connectivity index (χ4n) is 2.91. The van der Waals surface area contributed by atoms with Gasteiger partial charge < -0.3 is 19.3 Å². The predicted molar refractivity (Wildman–Crippen MR) is 86.6 cm³/mol. The van der Waals surface area contributed by atoms with E-state index in [1.807, 2.05) is 30.3 Å². The van der Waals surface area contributed by atoms with Gasteiger partial charge in [-0.3, -0.25) is 4.79 Å². The molecule has 0 bridgehead atoms. The molecule has 1 N–H and O–H groups in total. The van der Waals surface area contributed by atoms with Crippen LogP contribution < -0.4 is 10.1 Å². The predicted octanol–water partition coefficient (Wildman–Crippen LogP) is 2.19. The highest BCUT2D eigenvalue weighted by molar-refractivity contribution is 5.81. The van der Waals surface area contributed by atoms with Gasteiger partial charge in [-0.05, 0) is 37.1 Å². The standard InChI is InChI=1S/C18H20N2O4/c1-22-15-6-4-12(5-7-15)16-8-14(20-24-16)9-18(10-23-11-18)19-17(21)13-2-3-13/h4-8,13H,2-3,9-11H2,1H3,(H,19,21). The topological polar surface area (TPSA) is 73.6 Å². The van der Waals surface area contributed by atoms with Crippen LogP contribution in [-0.2, 0) is 16.0 Å². The van der Waals surface area contributed by atoms with Crippen LogP contribution in [0.2, 0.25) is 0 Å². The van der Waals surface area contributed by atoms with Gasteiger partial charge in [0.25, 0.3) is 0 Å². The number of nitrogens with one attached hydrogen (secondary N) is 1. The van der Waals surface area contributed by atoms with Crippen molar-refractivity contribution in [3.8, 4) is 17.1 Å². The van der Waals surface area contributed by atoms with Gasteiger partial charge in [0.15, 0.2) is 5.76 Å². The van der Waals surface area contributed by atoms with Crippen LogP contribution in [0, 0.1) is 5.92 Å². The molecule has 24 heavy (non-hydrogen) atoms. The Hall–Kier alpha value is -2.34. The van der Waals surface area contributed by atoms with Crippen molar-refractivity contribution in [2.75, 3.05) is 20.3 Å². The van der Waals surface area contributed by atoms with E-state index in [1.54, 1.807) is 7.11 Å². The minimum Gasteiger partial charge on any atom is -0.497 e. The van der Waals surface area contributed by atoms with E-state index >= 15 is 0 Å². The molecule has 1 aliphatic carbocycles. The van der Waals surface area contributed by atoms with E-state index in [1.165, 1.54) is 0 Å². The minimum atomic E-state index is -0.340. The van der Waals surface area contributed by atoms with Gasteiger partial charge in [-0.15, -0.1) is 0 Å². The number of amides is 1. The van der Waals surface area contributed by atoms with Crippen molar-refractivity contribution in [3.05, 3.63) is 36.0 Å². The average Bonchev–Trinajstić information content (AvgIpc) is 3.33. The Morgan fingerprint density at radius 1 is 1.33 bits per heavy atom. The lowest BCUT2D eigenvalue weighted by Gasteiger charge is -2.41. The van der Waals surface area contributed by atoms with E-state index in [4.69, 9.17) is 14.0 Å². The highest BCUT2D eigenvalue weighted by atomic mass is 16.5. The zero-order valence-corrected chi connectivity index (χ0v) is 13.6. The Morgan fingerprint density at radius 3 is 2.67 bits per heavy atom. The van der Waals surface area contributed by atoms with Crippen molar-refractivity contribution in [3.63, 3.8) is 0 Å². The smallest absolute Gasteiger partial charge is 0.223 e. The Kier molecular flexibility index (Phi) is 3.76. The molecule has 2 aliphatic rings. The molecule has 0 spiro atoms. The molecular formula is C18H20N2O4. The molecule has 2 fully saturated rings. The average molecular weight is 328 g/mol. The number of aromatic nitrogens is 1. The summed E-state index contributed by atoms with van der Waals surface area (Å²) >= 11 is 0. The van der Waals surface area contributed by atoms with Crippen molar-refractivity contribution in [1.82, 2.24) is 10.5 Å². The van der Waals surface area contributed by atoms with Crippen molar-refractivity contribution in [2.24, 2.45) is 5.92 Å². The lowest BCUT2D eigenvalue weighted by Crippen LogP contribution is -2.63. The van der Waals surface area contributed by atoms with E-state index < -0.39 is 0 Å². The maximum absolute atomic E-state index is 12.1. The summed E-state index contributed by atoms with van der Waals surface area (Å²) in [7, 11) is 1.64. The zero-order chi connectivity index (χ0) is 16.6. The molecular weight excluding hydrogens is 308 g/mol. The first-order valence-corrected chi connectivity index (χ1v) is 8.17. The number of benzene rings is 1. The second-order valence-corrected chi connectivity index (χ2v) is 6.62. The van der Waals surface area contributed by atoms with Crippen LogP contribution in [-0.4, -0.2) is 36.9 Å². The molecule has 1 aromatic carbocycles. The molecule has 1 amide bonds. The highest BCUT2D eigenvalue weighted by Crippen LogP contribution is 2.32. The molecule has 4 rings (SSSR count). The number of ether oxygens (including phenoxy) is 2. The summed E-state index contributed by atoms with van der Waals surface area (Å²) in [4.78, 5) is 12.1. The molecule has 2 aromatic rings. The van der Waals surface area contributed by atoms with E-state index in [9.17, 15) is 4.79 Å². The molecule has 6 nitrogen and oxygen atoms in total. The minimum absolute atomic E-state index is 0.136. The molecule has 0 radical (unpaired) electrons. The summed E-state index contributed by atoms with van der Waals surface area (Å²) < 4.78 is 16.0. The van der Waals surface area contributed by atoms with Gasteiger partial charge >= 0.3 is 0 Å². The fourth-order valence-corrected chi connectivity index (χ4v) is 2.91. The van der Waals surface area contributed by atoms with Crippen molar-refractivity contribution < 1.29 is 18.8 Å². The third-order valence-electron chi connectivity index (χ3n) is 4.55. The Bertz CT molecular complexity index is 730. The second-order valence-electron chi connectivity index (χ2n) is 6.62. The van der Waals surface area contributed by atoms with E-state index in [0.29, 0.717) is 25.4 Å². The summed E-state index contributed by atoms with van der Waals surface area (Å²) in [6.45, 7) is 1.05. The first-order chi connectivity index (χ1) is 11.7. The third kappa shape index (κ3) is 3.01. The molecule has 1 aliphatic heterocycles. The van der Waals surface area contributed by atoms with Gasteiger partial charge in [-0.25, -0.2) is 0 Å². The maximum atomic E-state index is 12.1. The fraction of sp³-hybridized carbons (Fsp3) is 0.444. The molecule has 2 heterocycles. The van der Waals surface area contributed by atoms with E-state index in [-0.39, 0.29) is 17.4 Å². The lowest BCUT2D eigenvalue weighted by molar-refractivity contribution is -0.134. The maximum Gasteiger partial charge on any atom is 0.223 e.